The van der Waals surface area contributed by atoms with Gasteiger partial charge in [0.15, 0.2) is 12.1 Å². The Hall–Kier alpha value is -3.93. The van der Waals surface area contributed by atoms with Crippen LogP contribution >= 0.6 is 0 Å². The van der Waals surface area contributed by atoms with Gasteiger partial charge in [0.25, 0.3) is 0 Å². The van der Waals surface area contributed by atoms with Crippen LogP contribution in [-0.4, -0.2) is 31.0 Å². The molecule has 2 atom stereocenters. The third-order valence-corrected chi connectivity index (χ3v) is 5.53. The number of carbonyl (C=O) groups is 3. The number of ether oxygens (including phenoxy) is 2. The number of fused-ring (bicyclic) bond motifs is 3. The Morgan fingerprint density at radius 2 is 1.47 bits per heavy atom. The van der Waals surface area contributed by atoms with Crippen molar-refractivity contribution in [3.63, 3.8) is 0 Å². The zero-order chi connectivity index (χ0) is 22.5. The number of hydrogen-bond acceptors (Lipinski definition) is 5. The fraction of sp³-hybridized carbons (Fsp3) is 0.192. The number of hydrogen-bond donors (Lipinski definition) is 1. The maximum atomic E-state index is 13.6. The molecule has 0 bridgehead atoms. The van der Waals surface area contributed by atoms with Gasteiger partial charge in [0.05, 0.1) is 6.61 Å². The van der Waals surface area contributed by atoms with Crippen LogP contribution in [0.2, 0.25) is 0 Å². The van der Waals surface area contributed by atoms with E-state index >= 15 is 0 Å². The van der Waals surface area contributed by atoms with Gasteiger partial charge in [-0.15, -0.1) is 0 Å². The molecule has 1 aliphatic carbocycles. The van der Waals surface area contributed by atoms with E-state index in [1.54, 1.807) is 31.2 Å². The molecule has 0 saturated carbocycles. The Balaban J connectivity index is 1.72. The summed E-state index contributed by atoms with van der Waals surface area (Å²) in [5.41, 5.74) is 4.24. The highest BCUT2D eigenvalue weighted by Crippen LogP contribution is 2.45. The molecule has 4 rings (SSSR count). The van der Waals surface area contributed by atoms with E-state index in [9.17, 15) is 14.4 Å². The summed E-state index contributed by atoms with van der Waals surface area (Å²) in [4.78, 5) is 37.4. The normalized spacial score (nSPS) is 13.9. The lowest BCUT2D eigenvalue weighted by Gasteiger charge is -2.27. The molecule has 6 heteroatoms. The summed E-state index contributed by atoms with van der Waals surface area (Å²) in [5, 5.41) is 2.47. The first-order valence-electron chi connectivity index (χ1n) is 10.5. The van der Waals surface area contributed by atoms with Crippen LogP contribution in [0.25, 0.3) is 11.1 Å². The van der Waals surface area contributed by atoms with E-state index in [4.69, 9.17) is 9.47 Å². The SMILES string of the molecule is CCOC(=O)[C@H](NC=O)[C@@H](OC(=O)C1c2ccccc2-c2ccccc21)c1ccccc1. The maximum Gasteiger partial charge on any atom is 0.332 e. The highest BCUT2D eigenvalue weighted by atomic mass is 16.6. The Morgan fingerprint density at radius 3 is 2.03 bits per heavy atom. The second kappa shape index (κ2) is 9.47. The second-order valence-corrected chi connectivity index (χ2v) is 7.39. The van der Waals surface area contributed by atoms with Crippen LogP contribution in [0, 0.1) is 0 Å². The summed E-state index contributed by atoms with van der Waals surface area (Å²) < 4.78 is 11.1. The molecule has 0 unspecified atom stereocenters. The van der Waals surface area contributed by atoms with Gasteiger partial charge < -0.3 is 14.8 Å². The molecular weight excluding hydrogens is 406 g/mol. The largest absolute Gasteiger partial charge is 0.464 e. The van der Waals surface area contributed by atoms with Gasteiger partial charge in [-0.25, -0.2) is 4.79 Å². The van der Waals surface area contributed by atoms with Crippen molar-refractivity contribution in [3.8, 4) is 11.1 Å². The van der Waals surface area contributed by atoms with E-state index in [-0.39, 0.29) is 6.61 Å². The molecule has 0 radical (unpaired) electrons. The average molecular weight is 429 g/mol. The number of carbonyl (C=O) groups excluding carboxylic acids is 3. The lowest BCUT2D eigenvalue weighted by molar-refractivity contribution is -0.160. The molecule has 6 nitrogen and oxygen atoms in total. The first-order valence-corrected chi connectivity index (χ1v) is 10.5. The molecule has 1 N–H and O–H groups in total. The second-order valence-electron chi connectivity index (χ2n) is 7.39. The van der Waals surface area contributed by atoms with Crippen LogP contribution in [0.15, 0.2) is 78.9 Å². The minimum Gasteiger partial charge on any atom is -0.464 e. The van der Waals surface area contributed by atoms with Gasteiger partial charge in [-0.05, 0) is 34.7 Å². The van der Waals surface area contributed by atoms with E-state index < -0.39 is 30.0 Å². The molecule has 0 aliphatic heterocycles. The quantitative estimate of drug-likeness (QED) is 0.436. The van der Waals surface area contributed by atoms with E-state index in [1.807, 2.05) is 54.6 Å². The molecule has 0 saturated heterocycles. The summed E-state index contributed by atoms with van der Waals surface area (Å²) in [7, 11) is 0. The molecule has 162 valence electrons. The monoisotopic (exact) mass is 429 g/mol. The van der Waals surface area contributed by atoms with Crippen molar-refractivity contribution in [2.24, 2.45) is 0 Å². The predicted octanol–water partition coefficient (Wildman–Crippen LogP) is 3.76. The van der Waals surface area contributed by atoms with Crippen molar-refractivity contribution < 1.29 is 23.9 Å². The summed E-state index contributed by atoms with van der Waals surface area (Å²) in [6, 6.07) is 23.1. The fourth-order valence-corrected chi connectivity index (χ4v) is 4.16. The van der Waals surface area contributed by atoms with Crippen LogP contribution in [0.5, 0.6) is 0 Å². The van der Waals surface area contributed by atoms with Crippen LogP contribution in [0.1, 0.15) is 35.6 Å². The summed E-state index contributed by atoms with van der Waals surface area (Å²) in [6.07, 6.45) is -0.640. The molecule has 0 heterocycles. The Bertz CT molecular complexity index is 1080. The summed E-state index contributed by atoms with van der Waals surface area (Å²) in [6.45, 7) is 1.81. The molecule has 3 aromatic carbocycles. The van der Waals surface area contributed by atoms with Crippen molar-refractivity contribution in [1.82, 2.24) is 5.32 Å². The molecule has 0 fully saturated rings. The minimum atomic E-state index is -1.18. The van der Waals surface area contributed by atoms with Crippen molar-refractivity contribution in [2.45, 2.75) is 25.0 Å². The molecule has 32 heavy (non-hydrogen) atoms. The average Bonchev–Trinajstić information content (AvgIpc) is 3.16. The maximum absolute atomic E-state index is 13.6. The van der Waals surface area contributed by atoms with Crippen LogP contribution in [-0.2, 0) is 23.9 Å². The van der Waals surface area contributed by atoms with Crippen LogP contribution < -0.4 is 5.32 Å². The third kappa shape index (κ3) is 3.99. The highest BCUT2D eigenvalue weighted by Gasteiger charge is 2.39. The zero-order valence-electron chi connectivity index (χ0n) is 17.6. The number of amides is 1. The highest BCUT2D eigenvalue weighted by molar-refractivity contribution is 5.94. The summed E-state index contributed by atoms with van der Waals surface area (Å²) in [5.74, 6) is -1.81. The fourth-order valence-electron chi connectivity index (χ4n) is 4.16. The molecule has 0 spiro atoms. The first kappa shape index (κ1) is 21.3. The summed E-state index contributed by atoms with van der Waals surface area (Å²) >= 11 is 0. The Kier molecular flexibility index (Phi) is 6.31. The van der Waals surface area contributed by atoms with Gasteiger partial charge in [-0.3, -0.25) is 9.59 Å². The first-order chi connectivity index (χ1) is 15.7. The van der Waals surface area contributed by atoms with Crippen molar-refractivity contribution in [2.75, 3.05) is 6.61 Å². The lowest BCUT2D eigenvalue weighted by Crippen LogP contribution is -2.44. The van der Waals surface area contributed by atoms with E-state index in [2.05, 4.69) is 5.32 Å². The van der Waals surface area contributed by atoms with Gasteiger partial charge in [-0.2, -0.15) is 0 Å². The molecule has 3 aromatic rings. The predicted molar refractivity (Wildman–Crippen MR) is 119 cm³/mol. The molecular formula is C26H23NO5. The van der Waals surface area contributed by atoms with Crippen molar-refractivity contribution in [1.29, 1.82) is 0 Å². The third-order valence-electron chi connectivity index (χ3n) is 5.53. The van der Waals surface area contributed by atoms with Crippen molar-refractivity contribution in [3.05, 3.63) is 95.6 Å². The lowest BCUT2D eigenvalue weighted by atomic mass is 9.96. The molecule has 1 aliphatic rings. The molecule has 1 amide bonds. The van der Waals surface area contributed by atoms with Gasteiger partial charge in [-0.1, -0.05) is 78.9 Å². The Morgan fingerprint density at radius 1 is 0.906 bits per heavy atom. The van der Waals surface area contributed by atoms with E-state index in [0.29, 0.717) is 12.0 Å². The van der Waals surface area contributed by atoms with E-state index in [0.717, 1.165) is 22.3 Å². The zero-order valence-corrected chi connectivity index (χ0v) is 17.6. The smallest absolute Gasteiger partial charge is 0.332 e. The molecule has 0 aromatic heterocycles. The number of nitrogens with one attached hydrogen (secondary N) is 1. The van der Waals surface area contributed by atoms with Gasteiger partial charge in [0.1, 0.15) is 5.92 Å². The number of benzene rings is 3. The van der Waals surface area contributed by atoms with Crippen LogP contribution in [0.3, 0.4) is 0 Å². The van der Waals surface area contributed by atoms with E-state index in [1.165, 1.54) is 0 Å². The standard InChI is InChI=1S/C26H23NO5/c1-2-31-26(30)23(27-16-28)24(17-10-4-3-5-11-17)32-25(29)22-20-14-8-6-12-18(20)19-13-7-9-15-21(19)22/h3-16,22-24H,2H2,1H3,(H,27,28)/t23-,24+/m1/s1. The van der Waals surface area contributed by atoms with Gasteiger partial charge in [0, 0.05) is 0 Å². The van der Waals surface area contributed by atoms with Gasteiger partial charge >= 0.3 is 11.9 Å². The number of esters is 2. The van der Waals surface area contributed by atoms with Crippen LogP contribution in [0.4, 0.5) is 0 Å². The topological polar surface area (TPSA) is 81.7 Å². The number of rotatable bonds is 8. The minimum absolute atomic E-state index is 0.134. The Labute approximate surface area is 186 Å². The van der Waals surface area contributed by atoms with Gasteiger partial charge in [0.2, 0.25) is 6.41 Å². The van der Waals surface area contributed by atoms with Crippen molar-refractivity contribution >= 4 is 18.3 Å².